The highest BCUT2D eigenvalue weighted by Gasteiger charge is 2.25. The van der Waals surface area contributed by atoms with Crippen molar-refractivity contribution in [1.82, 2.24) is 9.78 Å². The third-order valence-corrected chi connectivity index (χ3v) is 2.82. The minimum Gasteiger partial charge on any atom is -0.378 e. The lowest BCUT2D eigenvalue weighted by molar-refractivity contribution is 0.179. The van der Waals surface area contributed by atoms with Gasteiger partial charge in [-0.3, -0.25) is 0 Å². The van der Waals surface area contributed by atoms with Gasteiger partial charge in [0, 0.05) is 13.2 Å². The predicted molar refractivity (Wildman–Crippen MR) is 59.3 cm³/mol. The van der Waals surface area contributed by atoms with Gasteiger partial charge in [-0.15, -0.1) is 0 Å². The first-order valence-electron chi connectivity index (χ1n) is 4.77. The van der Waals surface area contributed by atoms with Crippen LogP contribution in [0.25, 0.3) is 0 Å². The molecular formula is C9H17N3O3S. The van der Waals surface area contributed by atoms with E-state index >= 15 is 0 Å². The van der Waals surface area contributed by atoms with Crippen molar-refractivity contribution in [2.45, 2.75) is 37.9 Å². The number of ether oxygens (including phenoxy) is 1. The Morgan fingerprint density at radius 2 is 2.06 bits per heavy atom. The molecule has 0 saturated heterocycles. The first-order chi connectivity index (χ1) is 7.16. The van der Waals surface area contributed by atoms with Crippen LogP contribution in [0, 0.1) is 0 Å². The molecule has 1 rings (SSSR count). The van der Waals surface area contributed by atoms with Gasteiger partial charge in [0.05, 0.1) is 17.8 Å². The molecular weight excluding hydrogens is 230 g/mol. The van der Waals surface area contributed by atoms with Crippen LogP contribution >= 0.6 is 0 Å². The number of aromatic nitrogens is 2. The number of rotatable bonds is 3. The number of nitrogens with zero attached hydrogens (tertiary/aromatic N) is 2. The molecule has 16 heavy (non-hydrogen) atoms. The normalized spacial score (nSPS) is 13.1. The van der Waals surface area contributed by atoms with Crippen LogP contribution in [0.15, 0.2) is 11.1 Å². The molecule has 0 spiro atoms. The molecule has 92 valence electrons. The smallest absolute Gasteiger partial charge is 0.255 e. The Bertz CT molecular complexity index is 471. The highest BCUT2D eigenvalue weighted by atomic mass is 32.2. The number of hydrogen-bond donors (Lipinski definition) is 1. The summed E-state index contributed by atoms with van der Waals surface area (Å²) in [6, 6.07) is 1.43. The van der Waals surface area contributed by atoms with Crippen LogP contribution in [-0.2, 0) is 26.9 Å². The lowest BCUT2D eigenvalue weighted by Gasteiger charge is -2.21. The molecule has 1 aromatic heterocycles. The first-order valence-corrected chi connectivity index (χ1v) is 6.32. The lowest BCUT2D eigenvalue weighted by atomic mass is 10.1. The Balaban J connectivity index is 3.35. The summed E-state index contributed by atoms with van der Waals surface area (Å²) >= 11 is 0. The van der Waals surface area contributed by atoms with E-state index < -0.39 is 15.6 Å². The van der Waals surface area contributed by atoms with Crippen molar-refractivity contribution in [2.75, 3.05) is 7.11 Å². The lowest BCUT2D eigenvalue weighted by Crippen LogP contribution is -2.29. The topological polar surface area (TPSA) is 87.2 Å². The molecule has 1 heterocycles. The highest BCUT2D eigenvalue weighted by Crippen LogP contribution is 2.20. The van der Waals surface area contributed by atoms with Crippen LogP contribution in [-0.4, -0.2) is 25.3 Å². The van der Waals surface area contributed by atoms with Crippen LogP contribution in [0.5, 0.6) is 0 Å². The Kier molecular flexibility index (Phi) is 3.41. The third kappa shape index (κ3) is 2.81. The van der Waals surface area contributed by atoms with Crippen LogP contribution < -0.4 is 5.14 Å². The first kappa shape index (κ1) is 13.1. The summed E-state index contributed by atoms with van der Waals surface area (Å²) in [5, 5.41) is 9.31. The quantitative estimate of drug-likeness (QED) is 0.839. The SMILES string of the molecule is COCc1cc(S(N)(=O)=O)n(C(C)(C)C)n1. The molecule has 0 unspecified atom stereocenters. The van der Waals surface area contributed by atoms with Crippen molar-refractivity contribution in [3.8, 4) is 0 Å². The average Bonchev–Trinajstić information content (AvgIpc) is 2.47. The second kappa shape index (κ2) is 4.15. The van der Waals surface area contributed by atoms with E-state index in [4.69, 9.17) is 9.88 Å². The average molecular weight is 247 g/mol. The molecule has 7 heteroatoms. The summed E-state index contributed by atoms with van der Waals surface area (Å²) in [5.41, 5.74) is 0.0924. The summed E-state index contributed by atoms with van der Waals surface area (Å²) in [7, 11) is -2.25. The summed E-state index contributed by atoms with van der Waals surface area (Å²) in [5.74, 6) is 0. The van der Waals surface area contributed by atoms with Crippen LogP contribution in [0.2, 0.25) is 0 Å². The van der Waals surface area contributed by atoms with Gasteiger partial charge in [0.1, 0.15) is 0 Å². The van der Waals surface area contributed by atoms with Gasteiger partial charge in [-0.1, -0.05) is 0 Å². The van der Waals surface area contributed by atoms with Crippen molar-refractivity contribution >= 4 is 10.0 Å². The molecule has 6 nitrogen and oxygen atoms in total. The summed E-state index contributed by atoms with van der Waals surface area (Å²) in [4.78, 5) is 0. The van der Waals surface area contributed by atoms with Crippen molar-refractivity contribution < 1.29 is 13.2 Å². The standard InChI is InChI=1S/C9H17N3O3S/c1-9(2,3)12-8(16(10,13)14)5-7(11-12)6-15-4/h5H,6H2,1-4H3,(H2,10,13,14). The molecule has 0 aliphatic carbocycles. The highest BCUT2D eigenvalue weighted by molar-refractivity contribution is 7.89. The molecule has 0 aromatic carbocycles. The van der Waals surface area contributed by atoms with E-state index in [2.05, 4.69) is 5.10 Å². The Morgan fingerprint density at radius 3 is 2.38 bits per heavy atom. The molecule has 0 aliphatic heterocycles. The van der Waals surface area contributed by atoms with E-state index in [-0.39, 0.29) is 11.6 Å². The van der Waals surface area contributed by atoms with E-state index in [1.165, 1.54) is 17.9 Å². The molecule has 0 saturated carbocycles. The monoisotopic (exact) mass is 247 g/mol. The van der Waals surface area contributed by atoms with E-state index in [0.717, 1.165) is 0 Å². The van der Waals surface area contributed by atoms with E-state index in [1.54, 1.807) is 0 Å². The van der Waals surface area contributed by atoms with E-state index in [0.29, 0.717) is 5.69 Å². The Hall–Kier alpha value is -0.920. The van der Waals surface area contributed by atoms with E-state index in [1.807, 2.05) is 20.8 Å². The largest absolute Gasteiger partial charge is 0.378 e. The zero-order valence-electron chi connectivity index (χ0n) is 9.89. The van der Waals surface area contributed by atoms with Crippen LogP contribution in [0.4, 0.5) is 0 Å². The zero-order chi connectivity index (χ0) is 12.6. The number of primary sulfonamides is 1. The van der Waals surface area contributed by atoms with E-state index in [9.17, 15) is 8.42 Å². The number of nitrogens with two attached hydrogens (primary N) is 1. The van der Waals surface area contributed by atoms with Crippen LogP contribution in [0.3, 0.4) is 0 Å². The third-order valence-electron chi connectivity index (χ3n) is 1.95. The van der Waals surface area contributed by atoms with Gasteiger partial charge in [-0.2, -0.15) is 5.10 Å². The second-order valence-electron chi connectivity index (χ2n) is 4.53. The fourth-order valence-electron chi connectivity index (χ4n) is 1.31. The van der Waals surface area contributed by atoms with Crippen molar-refractivity contribution in [3.05, 3.63) is 11.8 Å². The minimum atomic E-state index is -3.77. The number of methoxy groups -OCH3 is 1. The van der Waals surface area contributed by atoms with Crippen LogP contribution in [0.1, 0.15) is 26.5 Å². The predicted octanol–water partition coefficient (Wildman–Crippen LogP) is 0.432. The zero-order valence-corrected chi connectivity index (χ0v) is 10.7. The van der Waals surface area contributed by atoms with Gasteiger partial charge < -0.3 is 4.74 Å². The Morgan fingerprint density at radius 1 is 1.50 bits per heavy atom. The van der Waals surface area contributed by atoms with Crippen molar-refractivity contribution in [2.24, 2.45) is 5.14 Å². The molecule has 0 fully saturated rings. The van der Waals surface area contributed by atoms with Gasteiger partial charge in [0.2, 0.25) is 0 Å². The summed E-state index contributed by atoms with van der Waals surface area (Å²) < 4.78 is 29.1. The molecule has 0 bridgehead atoms. The van der Waals surface area contributed by atoms with Gasteiger partial charge in [-0.25, -0.2) is 18.2 Å². The van der Waals surface area contributed by atoms with Gasteiger partial charge in [-0.05, 0) is 20.8 Å². The number of hydrogen-bond acceptors (Lipinski definition) is 4. The van der Waals surface area contributed by atoms with Gasteiger partial charge in [0.15, 0.2) is 5.03 Å². The molecule has 0 aliphatic rings. The van der Waals surface area contributed by atoms with Gasteiger partial charge in [0.25, 0.3) is 10.0 Å². The summed E-state index contributed by atoms with van der Waals surface area (Å²) in [6.07, 6.45) is 0. The molecule has 0 atom stereocenters. The van der Waals surface area contributed by atoms with Gasteiger partial charge >= 0.3 is 0 Å². The fraction of sp³-hybridized carbons (Fsp3) is 0.667. The maximum Gasteiger partial charge on any atom is 0.255 e. The molecule has 0 radical (unpaired) electrons. The minimum absolute atomic E-state index is 0.00653. The molecule has 0 amide bonds. The summed E-state index contributed by atoms with van der Waals surface area (Å²) in [6.45, 7) is 5.81. The maximum absolute atomic E-state index is 11.4. The molecule has 1 aromatic rings. The Labute approximate surface area is 95.4 Å². The van der Waals surface area contributed by atoms with Crippen molar-refractivity contribution in [3.63, 3.8) is 0 Å². The second-order valence-corrected chi connectivity index (χ2v) is 6.04. The number of sulfonamides is 1. The fourth-order valence-corrected chi connectivity index (χ4v) is 2.17. The molecule has 2 N–H and O–H groups in total. The van der Waals surface area contributed by atoms with Crippen molar-refractivity contribution in [1.29, 1.82) is 0 Å². The maximum atomic E-state index is 11.4.